The van der Waals surface area contributed by atoms with E-state index in [0.29, 0.717) is 45.6 Å². The molecule has 10 nitrogen and oxygen atoms in total. The van der Waals surface area contributed by atoms with Crippen LogP contribution >= 0.6 is 0 Å². The SMILES string of the molecule is OC1CCNCC1OOC1CNCC(OOC2CNCC(O)C2O)C1. The topological polar surface area (TPSA) is 134 Å². The van der Waals surface area contributed by atoms with E-state index in [2.05, 4.69) is 16.0 Å². The monoisotopic (exact) mass is 363 g/mol. The summed E-state index contributed by atoms with van der Waals surface area (Å²) >= 11 is 0. The molecule has 0 amide bonds. The molecule has 3 rings (SSSR count). The lowest BCUT2D eigenvalue weighted by atomic mass is 10.0. The number of aliphatic hydroxyl groups excluding tert-OH is 3. The van der Waals surface area contributed by atoms with Crippen LogP contribution in [0.5, 0.6) is 0 Å². The van der Waals surface area contributed by atoms with Gasteiger partial charge in [0.05, 0.1) is 12.2 Å². The first-order valence-corrected chi connectivity index (χ1v) is 8.94. The van der Waals surface area contributed by atoms with Crippen molar-refractivity contribution in [1.29, 1.82) is 0 Å². The molecule has 6 N–H and O–H groups in total. The summed E-state index contributed by atoms with van der Waals surface area (Å²) in [6.07, 6.45) is -2.66. The van der Waals surface area contributed by atoms with Crippen LogP contribution in [0.1, 0.15) is 12.8 Å². The van der Waals surface area contributed by atoms with Crippen LogP contribution in [0.25, 0.3) is 0 Å². The fourth-order valence-corrected chi connectivity index (χ4v) is 3.18. The highest BCUT2D eigenvalue weighted by Crippen LogP contribution is 2.16. The van der Waals surface area contributed by atoms with E-state index >= 15 is 0 Å². The molecule has 0 bridgehead atoms. The number of β-amino-alcohol motifs (C(OH)–C–C–N with tert-alkyl or cyclic N) is 1. The smallest absolute Gasteiger partial charge is 0.134 e. The maximum absolute atomic E-state index is 9.89. The van der Waals surface area contributed by atoms with Gasteiger partial charge in [-0.15, -0.1) is 0 Å². The molecule has 0 aromatic rings. The number of piperidine rings is 3. The number of hydrogen-bond donors (Lipinski definition) is 6. The first kappa shape index (κ1) is 19.4. The van der Waals surface area contributed by atoms with E-state index in [1.807, 2.05) is 0 Å². The second kappa shape index (κ2) is 9.51. The lowest BCUT2D eigenvalue weighted by molar-refractivity contribution is -0.392. The summed E-state index contributed by atoms with van der Waals surface area (Å²) in [5.74, 6) is 0. The van der Waals surface area contributed by atoms with Gasteiger partial charge in [0, 0.05) is 39.1 Å². The predicted octanol–water partition coefficient (Wildman–Crippen LogP) is -2.97. The van der Waals surface area contributed by atoms with Crippen molar-refractivity contribution in [3.63, 3.8) is 0 Å². The molecule has 7 atom stereocenters. The number of rotatable bonds is 6. The molecule has 10 heteroatoms. The van der Waals surface area contributed by atoms with E-state index in [4.69, 9.17) is 19.6 Å². The highest BCUT2D eigenvalue weighted by Gasteiger charge is 2.34. The van der Waals surface area contributed by atoms with E-state index < -0.39 is 24.4 Å². The van der Waals surface area contributed by atoms with Gasteiger partial charge < -0.3 is 31.3 Å². The minimum Gasteiger partial charge on any atom is -0.390 e. The van der Waals surface area contributed by atoms with Gasteiger partial charge in [-0.2, -0.15) is 0 Å². The quantitative estimate of drug-likeness (QED) is 0.215. The molecule has 3 aliphatic rings. The lowest BCUT2D eigenvalue weighted by Gasteiger charge is -2.34. The van der Waals surface area contributed by atoms with Gasteiger partial charge in [-0.1, -0.05) is 0 Å². The van der Waals surface area contributed by atoms with E-state index in [-0.39, 0.29) is 18.3 Å². The molecule has 0 spiro atoms. The van der Waals surface area contributed by atoms with E-state index in [0.717, 1.165) is 6.54 Å². The Morgan fingerprint density at radius 2 is 1.28 bits per heavy atom. The van der Waals surface area contributed by atoms with Crippen LogP contribution in [0, 0.1) is 0 Å². The molecule has 7 unspecified atom stereocenters. The van der Waals surface area contributed by atoms with Gasteiger partial charge in [0.1, 0.15) is 30.5 Å². The predicted molar refractivity (Wildman–Crippen MR) is 85.4 cm³/mol. The fraction of sp³-hybridized carbons (Fsp3) is 1.00. The standard InChI is InChI=1S/C15H29N3O7/c19-11-1-2-16-7-13(11)24-22-9-3-10(5-17-4-9)23-25-14-8-18-6-12(20)15(14)21/h9-21H,1-8H2. The summed E-state index contributed by atoms with van der Waals surface area (Å²) in [5, 5.41) is 38.7. The summed E-state index contributed by atoms with van der Waals surface area (Å²) in [6.45, 7) is 3.28. The van der Waals surface area contributed by atoms with Crippen molar-refractivity contribution in [3.05, 3.63) is 0 Å². The molecular formula is C15H29N3O7. The zero-order valence-corrected chi connectivity index (χ0v) is 14.2. The van der Waals surface area contributed by atoms with Gasteiger partial charge in [0.2, 0.25) is 0 Å². The van der Waals surface area contributed by atoms with Crippen LogP contribution in [0.3, 0.4) is 0 Å². The molecule has 3 heterocycles. The molecule has 3 fully saturated rings. The third kappa shape index (κ3) is 5.54. The molecule has 0 aliphatic carbocycles. The Hall–Kier alpha value is -0.400. The fourth-order valence-electron chi connectivity index (χ4n) is 3.18. The van der Waals surface area contributed by atoms with Crippen molar-refractivity contribution in [1.82, 2.24) is 16.0 Å². The highest BCUT2D eigenvalue weighted by molar-refractivity contribution is 4.85. The Kier molecular flexibility index (Phi) is 7.37. The van der Waals surface area contributed by atoms with Gasteiger partial charge in [0.25, 0.3) is 0 Å². The first-order valence-electron chi connectivity index (χ1n) is 8.94. The third-order valence-electron chi connectivity index (χ3n) is 4.77. The second-order valence-corrected chi connectivity index (χ2v) is 6.88. The maximum atomic E-state index is 9.89. The summed E-state index contributed by atoms with van der Waals surface area (Å²) in [6, 6.07) is 0. The summed E-state index contributed by atoms with van der Waals surface area (Å²) in [4.78, 5) is 21.5. The van der Waals surface area contributed by atoms with E-state index in [9.17, 15) is 15.3 Å². The molecular weight excluding hydrogens is 334 g/mol. The molecule has 0 aromatic heterocycles. The Balaban J connectivity index is 1.37. The average Bonchev–Trinajstić information content (AvgIpc) is 2.63. The van der Waals surface area contributed by atoms with Crippen LogP contribution in [0.2, 0.25) is 0 Å². The van der Waals surface area contributed by atoms with Crippen molar-refractivity contribution >= 4 is 0 Å². The van der Waals surface area contributed by atoms with Crippen molar-refractivity contribution in [2.75, 3.05) is 39.3 Å². The number of hydrogen-bond acceptors (Lipinski definition) is 10. The minimum absolute atomic E-state index is 0.225. The number of nitrogens with one attached hydrogen (secondary N) is 3. The van der Waals surface area contributed by atoms with Crippen molar-refractivity contribution < 1.29 is 34.9 Å². The Labute approximate surface area is 146 Å². The zero-order chi connectivity index (χ0) is 17.6. The molecule has 25 heavy (non-hydrogen) atoms. The lowest BCUT2D eigenvalue weighted by Crippen LogP contribution is -2.55. The van der Waals surface area contributed by atoms with Gasteiger partial charge in [-0.25, -0.2) is 19.6 Å². The molecule has 0 saturated carbocycles. The summed E-state index contributed by atoms with van der Waals surface area (Å²) < 4.78 is 0. The minimum atomic E-state index is -0.978. The van der Waals surface area contributed by atoms with Crippen molar-refractivity contribution in [3.8, 4) is 0 Å². The van der Waals surface area contributed by atoms with Crippen LogP contribution in [-0.2, 0) is 19.6 Å². The van der Waals surface area contributed by atoms with Crippen LogP contribution in [0.4, 0.5) is 0 Å². The van der Waals surface area contributed by atoms with Gasteiger partial charge >= 0.3 is 0 Å². The van der Waals surface area contributed by atoms with Crippen LogP contribution in [-0.4, -0.2) is 97.3 Å². The molecule has 3 aliphatic heterocycles. The van der Waals surface area contributed by atoms with Crippen molar-refractivity contribution in [2.24, 2.45) is 0 Å². The van der Waals surface area contributed by atoms with Gasteiger partial charge in [-0.3, -0.25) is 0 Å². The second-order valence-electron chi connectivity index (χ2n) is 6.88. The maximum Gasteiger partial charge on any atom is 0.134 e. The highest BCUT2D eigenvalue weighted by atomic mass is 17.2. The van der Waals surface area contributed by atoms with Gasteiger partial charge in [0.15, 0.2) is 0 Å². The van der Waals surface area contributed by atoms with Crippen LogP contribution in [0.15, 0.2) is 0 Å². The van der Waals surface area contributed by atoms with Gasteiger partial charge in [-0.05, 0) is 13.0 Å². The summed E-state index contributed by atoms with van der Waals surface area (Å²) in [7, 11) is 0. The number of aliphatic hydroxyl groups is 3. The molecule has 3 saturated heterocycles. The zero-order valence-electron chi connectivity index (χ0n) is 14.2. The third-order valence-corrected chi connectivity index (χ3v) is 4.77. The van der Waals surface area contributed by atoms with Crippen molar-refractivity contribution in [2.45, 2.75) is 55.6 Å². The normalized spacial score (nSPS) is 43.1. The molecule has 0 aromatic carbocycles. The molecule has 0 radical (unpaired) electrons. The Bertz CT molecular complexity index is 405. The van der Waals surface area contributed by atoms with E-state index in [1.165, 1.54) is 0 Å². The Morgan fingerprint density at radius 1 is 0.640 bits per heavy atom. The average molecular weight is 363 g/mol. The van der Waals surface area contributed by atoms with Crippen LogP contribution < -0.4 is 16.0 Å². The van der Waals surface area contributed by atoms with E-state index in [1.54, 1.807) is 0 Å². The first-order chi connectivity index (χ1) is 12.1. The Morgan fingerprint density at radius 3 is 2.00 bits per heavy atom. The largest absolute Gasteiger partial charge is 0.390 e. The summed E-state index contributed by atoms with van der Waals surface area (Å²) in [5.41, 5.74) is 0. The molecule has 146 valence electrons.